The van der Waals surface area contributed by atoms with Gasteiger partial charge in [0.1, 0.15) is 11.2 Å². The predicted molar refractivity (Wildman–Crippen MR) is 244 cm³/mol. The summed E-state index contributed by atoms with van der Waals surface area (Å²) >= 11 is 0. The molecule has 348 valence electrons. The number of imide groups is 1. The van der Waals surface area contributed by atoms with E-state index in [0.717, 1.165) is 71.6 Å². The van der Waals surface area contributed by atoms with Gasteiger partial charge in [0.05, 0.1) is 50.2 Å². The van der Waals surface area contributed by atoms with Crippen molar-refractivity contribution >= 4 is 58.0 Å². The number of carbonyl (C=O) groups is 2. The van der Waals surface area contributed by atoms with Crippen LogP contribution in [0.5, 0.6) is 0 Å². The van der Waals surface area contributed by atoms with Gasteiger partial charge in [0, 0.05) is 64.1 Å². The van der Waals surface area contributed by atoms with Gasteiger partial charge in [-0.2, -0.15) is 0 Å². The smallest absolute Gasteiger partial charge is 0.427 e. The van der Waals surface area contributed by atoms with E-state index in [1.165, 1.54) is 38.1 Å². The number of carbonyl (C=O) groups excluding carboxylic acids is 2. The summed E-state index contributed by atoms with van der Waals surface area (Å²) in [5, 5.41) is 0. The second-order valence-corrected chi connectivity index (χ2v) is 18.9. The number of hydrogen-bond donors (Lipinski definition) is 1. The highest BCUT2D eigenvalue weighted by Crippen LogP contribution is 2.35. The van der Waals surface area contributed by atoms with Crippen LogP contribution in [-0.2, 0) is 32.0 Å². The Labute approximate surface area is 381 Å². The van der Waals surface area contributed by atoms with Crippen LogP contribution < -0.4 is 20.4 Å². The fourth-order valence-electron chi connectivity index (χ4n) is 7.39. The molecule has 6 aromatic rings. The van der Waals surface area contributed by atoms with Gasteiger partial charge in [-0.05, 0) is 79.1 Å². The number of fused-ring (bicyclic) bond motifs is 2. The molecule has 8 heterocycles. The van der Waals surface area contributed by atoms with Crippen molar-refractivity contribution in [2.75, 3.05) is 73.0 Å². The van der Waals surface area contributed by atoms with E-state index in [1.54, 1.807) is 53.9 Å². The number of nitrogens with two attached hydrogens (primary N) is 1. The lowest BCUT2D eigenvalue weighted by Gasteiger charge is -2.28. The zero-order chi connectivity index (χ0) is 46.2. The second kappa shape index (κ2) is 18.3. The Bertz CT molecular complexity index is 2650. The summed E-state index contributed by atoms with van der Waals surface area (Å²) in [5.74, 6) is 4.01. The molecule has 2 saturated carbocycles. The topological polar surface area (TPSA) is 246 Å². The lowest BCUT2D eigenvalue weighted by atomic mass is 10.2. The molecule has 0 aromatic carbocycles. The van der Waals surface area contributed by atoms with Gasteiger partial charge < -0.3 is 43.6 Å². The molecule has 0 radical (unpaired) electrons. The number of imidazole rings is 2. The number of nitrogens with zero attached hydrogens (tertiary/aromatic N) is 15. The van der Waals surface area contributed by atoms with Gasteiger partial charge in [-0.1, -0.05) is 0 Å². The zero-order valence-electron chi connectivity index (χ0n) is 38.3. The first-order chi connectivity index (χ1) is 31.7. The molecule has 4 fully saturated rings. The number of aromatic nitrogens is 12. The summed E-state index contributed by atoms with van der Waals surface area (Å²) in [6, 6.07) is 0. The lowest BCUT2D eigenvalue weighted by molar-refractivity contribution is 0.0427. The molecule has 4 aliphatic rings. The lowest BCUT2D eigenvalue weighted by Crippen LogP contribution is -2.44. The first kappa shape index (κ1) is 44.5. The maximum atomic E-state index is 13.0. The van der Waals surface area contributed by atoms with Crippen molar-refractivity contribution < 1.29 is 28.5 Å². The van der Waals surface area contributed by atoms with Crippen LogP contribution in [0, 0.1) is 11.8 Å². The molecule has 2 aliphatic heterocycles. The van der Waals surface area contributed by atoms with Crippen LogP contribution in [0.4, 0.5) is 33.1 Å². The molecule has 0 spiro atoms. The largest absolute Gasteiger partial charge is 0.443 e. The molecule has 0 atom stereocenters. The van der Waals surface area contributed by atoms with E-state index < -0.39 is 23.4 Å². The van der Waals surface area contributed by atoms with Crippen LogP contribution in [0.1, 0.15) is 67.2 Å². The Morgan fingerprint density at radius 2 is 1.02 bits per heavy atom. The predicted octanol–water partition coefficient (Wildman–Crippen LogP) is 5.32. The second-order valence-electron chi connectivity index (χ2n) is 18.9. The number of morpholine rings is 2. The quantitative estimate of drug-likeness (QED) is 0.193. The highest BCUT2D eigenvalue weighted by molar-refractivity contribution is 6.08. The molecule has 6 aromatic heterocycles. The molecule has 2 aliphatic carbocycles. The number of hydrogen-bond acceptors (Lipinski definition) is 19. The van der Waals surface area contributed by atoms with E-state index in [-0.39, 0.29) is 11.9 Å². The van der Waals surface area contributed by atoms with Gasteiger partial charge in [-0.15, -0.1) is 4.90 Å². The molecule has 10 rings (SSSR count). The van der Waals surface area contributed by atoms with Crippen molar-refractivity contribution in [3.8, 4) is 22.8 Å². The van der Waals surface area contributed by atoms with Gasteiger partial charge in [-0.25, -0.2) is 59.4 Å². The number of rotatable bonds is 9. The summed E-state index contributed by atoms with van der Waals surface area (Å²) in [6.07, 6.45) is 13.1. The van der Waals surface area contributed by atoms with Crippen molar-refractivity contribution in [3.05, 3.63) is 37.4 Å². The SMILES string of the molecule is CC(C)(C)OC(=O)N(C(=O)OC(C)(C)C)c1ncc(-c2nc(N3CCOCC3)c3ncn(CC4CC4)c3n2)cn1.Nc1ncc(-c2nc(N3CCOCC3)c3ncn(CC4CC4)c3n2)cn1. The minimum absolute atomic E-state index is 0.180. The van der Waals surface area contributed by atoms with Crippen LogP contribution in [0.2, 0.25) is 0 Å². The molecule has 0 unspecified atom stereocenters. The Balaban J connectivity index is 0.000000181. The third kappa shape index (κ3) is 10.5. The minimum atomic E-state index is -0.939. The third-order valence-electron chi connectivity index (χ3n) is 11.0. The van der Waals surface area contributed by atoms with E-state index >= 15 is 0 Å². The normalized spacial score (nSPS) is 16.8. The van der Waals surface area contributed by atoms with Crippen molar-refractivity contribution in [2.45, 2.75) is 91.5 Å². The summed E-state index contributed by atoms with van der Waals surface area (Å²) in [4.78, 5) is 76.4. The number of ether oxygens (including phenoxy) is 4. The van der Waals surface area contributed by atoms with E-state index in [2.05, 4.69) is 48.8 Å². The fraction of sp³-hybridized carbons (Fsp3) is 0.545. The molecular weight excluding hydrogens is 849 g/mol. The average molecular weight is 905 g/mol. The van der Waals surface area contributed by atoms with Crippen LogP contribution in [0.3, 0.4) is 0 Å². The molecule has 66 heavy (non-hydrogen) atoms. The minimum Gasteiger partial charge on any atom is -0.443 e. The highest BCUT2D eigenvalue weighted by Gasteiger charge is 2.35. The van der Waals surface area contributed by atoms with E-state index in [0.29, 0.717) is 67.5 Å². The first-order valence-corrected chi connectivity index (χ1v) is 22.4. The highest BCUT2D eigenvalue weighted by atomic mass is 16.6. The maximum Gasteiger partial charge on any atom is 0.427 e. The van der Waals surface area contributed by atoms with Gasteiger partial charge in [0.25, 0.3) is 0 Å². The zero-order valence-corrected chi connectivity index (χ0v) is 38.3. The van der Waals surface area contributed by atoms with E-state index in [9.17, 15) is 9.59 Å². The summed E-state index contributed by atoms with van der Waals surface area (Å²) in [7, 11) is 0. The maximum absolute atomic E-state index is 13.0. The molecular formula is C44H56N16O6. The van der Waals surface area contributed by atoms with Crippen LogP contribution >= 0.6 is 0 Å². The molecule has 22 nitrogen and oxygen atoms in total. The van der Waals surface area contributed by atoms with E-state index in [1.807, 2.05) is 12.7 Å². The average Bonchev–Trinajstić information content (AvgIpc) is 4.22. The van der Waals surface area contributed by atoms with Gasteiger partial charge in [0.2, 0.25) is 11.9 Å². The molecule has 2 N–H and O–H groups in total. The van der Waals surface area contributed by atoms with Crippen molar-refractivity contribution in [2.24, 2.45) is 11.8 Å². The molecule has 0 bridgehead atoms. The Morgan fingerprint density at radius 3 is 1.39 bits per heavy atom. The molecule has 2 amide bonds. The van der Waals surface area contributed by atoms with Crippen LogP contribution in [-0.4, -0.2) is 135 Å². The van der Waals surface area contributed by atoms with Crippen molar-refractivity contribution in [1.29, 1.82) is 0 Å². The Morgan fingerprint density at radius 1 is 0.621 bits per heavy atom. The van der Waals surface area contributed by atoms with Gasteiger partial charge in [-0.3, -0.25) is 0 Å². The van der Waals surface area contributed by atoms with Crippen LogP contribution in [0.15, 0.2) is 37.4 Å². The number of amides is 2. The van der Waals surface area contributed by atoms with E-state index in [4.69, 9.17) is 44.6 Å². The van der Waals surface area contributed by atoms with Crippen molar-refractivity contribution in [3.63, 3.8) is 0 Å². The summed E-state index contributed by atoms with van der Waals surface area (Å²) in [6.45, 7) is 17.6. The number of anilines is 4. The van der Waals surface area contributed by atoms with Gasteiger partial charge in [0.15, 0.2) is 45.6 Å². The molecule has 2 saturated heterocycles. The Hall–Kier alpha value is -6.68. The standard InChI is InChI=1S/C27H36N8O5.C17H20N8O/c1-26(2,3)39-24(36)35(25(37)40-27(4,5)6)23-28-13-18(14-29-23)20-31-21(33-9-11-38-12-10-33)19-22(32-20)34(16-30-19)15-17-7-8-17;18-17-19-7-12(8-20-17)14-22-15(24-3-5-26-6-4-24)13-16(23-14)25(10-21-13)9-11-1-2-11/h13-14,16-17H,7-12,15H2,1-6H3;7-8,10-11H,1-6,9H2,(H2,18,19,20). The fourth-order valence-corrected chi connectivity index (χ4v) is 7.39. The van der Waals surface area contributed by atoms with Crippen LogP contribution in [0.25, 0.3) is 45.1 Å². The third-order valence-corrected chi connectivity index (χ3v) is 11.0. The number of nitrogen functional groups attached to an aromatic ring is 1. The molecule has 22 heteroatoms. The van der Waals surface area contributed by atoms with Gasteiger partial charge >= 0.3 is 12.2 Å². The summed E-state index contributed by atoms with van der Waals surface area (Å²) in [5.41, 5.74) is 8.37. The van der Waals surface area contributed by atoms with Crippen molar-refractivity contribution in [1.82, 2.24) is 59.0 Å². The first-order valence-electron chi connectivity index (χ1n) is 22.4. The summed E-state index contributed by atoms with van der Waals surface area (Å²) < 4.78 is 26.1. The monoisotopic (exact) mass is 904 g/mol. The Kier molecular flexibility index (Phi) is 12.3.